The van der Waals surface area contributed by atoms with Gasteiger partial charge in [0.05, 0.1) is 0 Å². The Kier molecular flexibility index (Phi) is 5.58. The van der Waals surface area contributed by atoms with Crippen LogP contribution < -0.4 is 4.90 Å². The second kappa shape index (κ2) is 9.32. The normalized spacial score (nSPS) is 10.9. The molecule has 0 amide bonds. The smallest absolute Gasteiger partial charge is 0.0462 e. The summed E-state index contributed by atoms with van der Waals surface area (Å²) < 4.78 is 0. The molecule has 6 aromatic rings. The fourth-order valence-electron chi connectivity index (χ4n) is 4.82. The number of nitrogens with zero attached hydrogens (tertiary/aromatic N) is 1. The van der Waals surface area contributed by atoms with E-state index in [2.05, 4.69) is 157 Å². The minimum Gasteiger partial charge on any atom is -0.311 e. The first-order valence-corrected chi connectivity index (χ1v) is 12.0. The van der Waals surface area contributed by atoms with Crippen LogP contribution in [0.5, 0.6) is 0 Å². The SMILES string of the molecule is c1ccc(-c2c(-c3ccc(N(c4ccccc4)c4ccccc4)cc3)ccc3ccccc23)cc1. The fourth-order valence-corrected chi connectivity index (χ4v) is 4.82. The lowest BCUT2D eigenvalue weighted by atomic mass is 9.90. The van der Waals surface area contributed by atoms with Crippen molar-refractivity contribution in [3.8, 4) is 22.3 Å². The summed E-state index contributed by atoms with van der Waals surface area (Å²) in [5, 5.41) is 2.53. The predicted molar refractivity (Wildman–Crippen MR) is 150 cm³/mol. The molecule has 166 valence electrons. The molecule has 0 atom stereocenters. The number of anilines is 3. The van der Waals surface area contributed by atoms with E-state index in [4.69, 9.17) is 0 Å². The molecule has 0 aliphatic heterocycles. The lowest BCUT2D eigenvalue weighted by molar-refractivity contribution is 1.28. The van der Waals surface area contributed by atoms with Gasteiger partial charge >= 0.3 is 0 Å². The van der Waals surface area contributed by atoms with E-state index in [0.717, 1.165) is 17.1 Å². The van der Waals surface area contributed by atoms with E-state index in [1.54, 1.807) is 0 Å². The fraction of sp³-hybridized carbons (Fsp3) is 0. The Balaban J connectivity index is 1.48. The maximum Gasteiger partial charge on any atom is 0.0462 e. The van der Waals surface area contributed by atoms with Gasteiger partial charge in [-0.3, -0.25) is 0 Å². The van der Waals surface area contributed by atoms with Gasteiger partial charge in [-0.05, 0) is 69.4 Å². The van der Waals surface area contributed by atoms with Crippen LogP contribution in [-0.4, -0.2) is 0 Å². The zero-order valence-electron chi connectivity index (χ0n) is 19.4. The van der Waals surface area contributed by atoms with Crippen LogP contribution in [0.4, 0.5) is 17.1 Å². The van der Waals surface area contributed by atoms with Crippen molar-refractivity contribution in [2.24, 2.45) is 0 Å². The van der Waals surface area contributed by atoms with E-state index in [9.17, 15) is 0 Å². The minimum absolute atomic E-state index is 1.13. The summed E-state index contributed by atoms with van der Waals surface area (Å²) in [6, 6.07) is 53.8. The summed E-state index contributed by atoms with van der Waals surface area (Å²) in [4.78, 5) is 2.29. The van der Waals surface area contributed by atoms with Crippen LogP contribution in [0.1, 0.15) is 0 Å². The van der Waals surface area contributed by atoms with Gasteiger partial charge in [0.2, 0.25) is 0 Å². The van der Waals surface area contributed by atoms with E-state index in [-0.39, 0.29) is 0 Å². The molecule has 0 radical (unpaired) electrons. The molecule has 0 saturated carbocycles. The predicted octanol–water partition coefficient (Wildman–Crippen LogP) is 9.64. The molecule has 0 aliphatic rings. The summed E-state index contributed by atoms with van der Waals surface area (Å²) >= 11 is 0. The number of hydrogen-bond acceptors (Lipinski definition) is 1. The van der Waals surface area contributed by atoms with E-state index in [1.165, 1.54) is 33.0 Å². The molecule has 0 spiro atoms. The van der Waals surface area contributed by atoms with Crippen LogP contribution in [0, 0.1) is 0 Å². The molecule has 1 heteroatoms. The lowest BCUT2D eigenvalue weighted by Crippen LogP contribution is -2.09. The first-order chi connectivity index (χ1) is 17.4. The first kappa shape index (κ1) is 20.9. The summed E-state index contributed by atoms with van der Waals surface area (Å²) in [5.74, 6) is 0. The van der Waals surface area contributed by atoms with Crippen molar-refractivity contribution in [2.45, 2.75) is 0 Å². The summed E-state index contributed by atoms with van der Waals surface area (Å²) in [7, 11) is 0. The molecule has 0 fully saturated rings. The van der Waals surface area contributed by atoms with Crippen molar-refractivity contribution < 1.29 is 0 Å². The zero-order valence-corrected chi connectivity index (χ0v) is 19.4. The van der Waals surface area contributed by atoms with Crippen molar-refractivity contribution in [1.29, 1.82) is 0 Å². The van der Waals surface area contributed by atoms with Gasteiger partial charge in [-0.15, -0.1) is 0 Å². The maximum absolute atomic E-state index is 2.29. The molecule has 0 aliphatic carbocycles. The maximum atomic E-state index is 2.29. The molecule has 0 bridgehead atoms. The average Bonchev–Trinajstić information content (AvgIpc) is 2.95. The molecule has 35 heavy (non-hydrogen) atoms. The van der Waals surface area contributed by atoms with Crippen LogP contribution in [-0.2, 0) is 0 Å². The van der Waals surface area contributed by atoms with Gasteiger partial charge in [-0.1, -0.05) is 115 Å². The average molecular weight is 448 g/mol. The number of hydrogen-bond donors (Lipinski definition) is 0. The summed E-state index contributed by atoms with van der Waals surface area (Å²) in [6.07, 6.45) is 0. The van der Waals surface area contributed by atoms with Gasteiger partial charge in [-0.2, -0.15) is 0 Å². The second-order valence-corrected chi connectivity index (χ2v) is 8.63. The van der Waals surface area contributed by atoms with Gasteiger partial charge < -0.3 is 4.90 Å². The van der Waals surface area contributed by atoms with E-state index in [0.29, 0.717) is 0 Å². The molecule has 0 N–H and O–H groups in total. The highest BCUT2D eigenvalue weighted by Crippen LogP contribution is 2.40. The Hall–Kier alpha value is -4.62. The molecule has 0 heterocycles. The van der Waals surface area contributed by atoms with Gasteiger partial charge in [0.25, 0.3) is 0 Å². The van der Waals surface area contributed by atoms with Crippen LogP contribution in [0.15, 0.2) is 152 Å². The highest BCUT2D eigenvalue weighted by atomic mass is 15.1. The molecular formula is C34H25N. The standard InChI is InChI=1S/C34H25N/c1-4-13-28(14-5-1)34-32-19-11-10-12-26(32)22-25-33(34)27-20-23-31(24-21-27)35(29-15-6-2-7-16-29)30-17-8-3-9-18-30/h1-25H. The van der Waals surface area contributed by atoms with Gasteiger partial charge in [0.1, 0.15) is 0 Å². The second-order valence-electron chi connectivity index (χ2n) is 8.63. The minimum atomic E-state index is 1.13. The van der Waals surface area contributed by atoms with Crippen LogP contribution in [0.25, 0.3) is 33.0 Å². The Morgan fingerprint density at radius 2 is 0.857 bits per heavy atom. The van der Waals surface area contributed by atoms with Crippen LogP contribution >= 0.6 is 0 Å². The number of fused-ring (bicyclic) bond motifs is 1. The Labute approximate surface area is 206 Å². The van der Waals surface area contributed by atoms with Gasteiger partial charge in [0.15, 0.2) is 0 Å². The largest absolute Gasteiger partial charge is 0.311 e. The molecule has 6 aromatic carbocycles. The quantitative estimate of drug-likeness (QED) is 0.254. The van der Waals surface area contributed by atoms with Crippen molar-refractivity contribution in [2.75, 3.05) is 4.90 Å². The van der Waals surface area contributed by atoms with Gasteiger partial charge in [0, 0.05) is 17.1 Å². The lowest BCUT2D eigenvalue weighted by Gasteiger charge is -2.25. The van der Waals surface area contributed by atoms with Crippen LogP contribution in [0.2, 0.25) is 0 Å². The van der Waals surface area contributed by atoms with E-state index in [1.807, 2.05) is 0 Å². The number of para-hydroxylation sites is 2. The first-order valence-electron chi connectivity index (χ1n) is 12.0. The van der Waals surface area contributed by atoms with Crippen LogP contribution in [0.3, 0.4) is 0 Å². The molecule has 0 unspecified atom stereocenters. The van der Waals surface area contributed by atoms with Crippen molar-refractivity contribution >= 4 is 27.8 Å². The van der Waals surface area contributed by atoms with Crippen molar-refractivity contribution in [3.05, 3.63) is 152 Å². The topological polar surface area (TPSA) is 3.24 Å². The summed E-state index contributed by atoms with van der Waals surface area (Å²) in [5.41, 5.74) is 8.38. The number of benzene rings is 6. The highest BCUT2D eigenvalue weighted by Gasteiger charge is 2.14. The Morgan fingerprint density at radius 1 is 0.343 bits per heavy atom. The Morgan fingerprint density at radius 3 is 1.49 bits per heavy atom. The van der Waals surface area contributed by atoms with Crippen molar-refractivity contribution in [3.63, 3.8) is 0 Å². The highest BCUT2D eigenvalue weighted by molar-refractivity contribution is 6.04. The molecule has 6 rings (SSSR count). The third-order valence-electron chi connectivity index (χ3n) is 6.46. The molecule has 0 saturated heterocycles. The van der Waals surface area contributed by atoms with E-state index < -0.39 is 0 Å². The Bertz CT molecular complexity index is 1510. The number of rotatable bonds is 5. The molecular weight excluding hydrogens is 422 g/mol. The molecule has 0 aromatic heterocycles. The van der Waals surface area contributed by atoms with Crippen molar-refractivity contribution in [1.82, 2.24) is 0 Å². The van der Waals surface area contributed by atoms with Gasteiger partial charge in [-0.25, -0.2) is 0 Å². The summed E-state index contributed by atoms with van der Waals surface area (Å²) in [6.45, 7) is 0. The zero-order chi connectivity index (χ0) is 23.5. The molecule has 1 nitrogen and oxygen atoms in total. The monoisotopic (exact) mass is 447 g/mol. The van der Waals surface area contributed by atoms with E-state index >= 15 is 0 Å². The third-order valence-corrected chi connectivity index (χ3v) is 6.46. The third kappa shape index (κ3) is 4.09.